The highest BCUT2D eigenvalue weighted by Crippen LogP contribution is 2.25. The zero-order chi connectivity index (χ0) is 15.3. The number of ether oxygens (including phenoxy) is 1. The van der Waals surface area contributed by atoms with E-state index in [-0.39, 0.29) is 11.3 Å². The Labute approximate surface area is 118 Å². The van der Waals surface area contributed by atoms with Gasteiger partial charge < -0.3 is 14.7 Å². The number of nitrogens with zero attached hydrogens (tertiary/aromatic N) is 1. The van der Waals surface area contributed by atoms with Gasteiger partial charge in [0, 0.05) is 11.6 Å². The van der Waals surface area contributed by atoms with E-state index in [4.69, 9.17) is 21.4 Å². The van der Waals surface area contributed by atoms with Crippen molar-refractivity contribution in [2.75, 3.05) is 26.8 Å². The predicted molar refractivity (Wildman–Crippen MR) is 67.0 cm³/mol. The minimum absolute atomic E-state index is 0.0467. The first kappa shape index (κ1) is 16.6. The fraction of sp³-hybridized carbons (Fsp3) is 0.417. The summed E-state index contributed by atoms with van der Waals surface area (Å²) in [5, 5.41) is 9.08. The van der Waals surface area contributed by atoms with Gasteiger partial charge in [-0.05, 0) is 18.2 Å². The molecule has 0 unspecified atom stereocenters. The van der Waals surface area contributed by atoms with E-state index >= 15 is 0 Å². The molecule has 4 nitrogen and oxygen atoms in total. The molecule has 0 aliphatic carbocycles. The minimum atomic E-state index is -4.55. The fourth-order valence-corrected chi connectivity index (χ4v) is 1.76. The highest BCUT2D eigenvalue weighted by Gasteiger charge is 2.33. The SMILES string of the molecule is COc1cc(Cl)ccc1C(=O)N(CCO)CC(F)(F)F. The molecule has 20 heavy (non-hydrogen) atoms. The molecule has 0 bridgehead atoms. The number of alkyl halides is 3. The van der Waals surface area contributed by atoms with Crippen LogP contribution in [0.1, 0.15) is 10.4 Å². The van der Waals surface area contributed by atoms with Gasteiger partial charge in [-0.2, -0.15) is 13.2 Å². The molecule has 0 saturated heterocycles. The van der Waals surface area contributed by atoms with Crippen molar-refractivity contribution in [2.45, 2.75) is 6.18 Å². The Hall–Kier alpha value is -1.47. The number of hydrogen-bond donors (Lipinski definition) is 1. The third-order valence-electron chi connectivity index (χ3n) is 2.42. The molecule has 0 saturated carbocycles. The first-order valence-corrected chi connectivity index (χ1v) is 5.96. The third kappa shape index (κ3) is 4.57. The van der Waals surface area contributed by atoms with Crippen LogP contribution >= 0.6 is 11.6 Å². The normalized spacial score (nSPS) is 11.3. The molecule has 0 spiro atoms. The second-order valence-corrected chi connectivity index (χ2v) is 4.35. The Morgan fingerprint density at radius 3 is 2.60 bits per heavy atom. The summed E-state index contributed by atoms with van der Waals surface area (Å²) in [5.41, 5.74) is -0.0467. The Balaban J connectivity index is 3.06. The molecule has 112 valence electrons. The van der Waals surface area contributed by atoms with Gasteiger partial charge in [0.25, 0.3) is 5.91 Å². The number of halogens is 4. The largest absolute Gasteiger partial charge is 0.496 e. The van der Waals surface area contributed by atoms with E-state index < -0.39 is 31.8 Å². The molecule has 0 aromatic heterocycles. The van der Waals surface area contributed by atoms with Crippen molar-refractivity contribution in [2.24, 2.45) is 0 Å². The van der Waals surface area contributed by atoms with Crippen LogP contribution < -0.4 is 4.74 Å². The van der Waals surface area contributed by atoms with Crippen LogP contribution in [-0.4, -0.2) is 48.9 Å². The summed E-state index contributed by atoms with van der Waals surface area (Å²) in [6.45, 7) is -2.44. The van der Waals surface area contributed by atoms with Crippen LogP contribution in [0.2, 0.25) is 5.02 Å². The van der Waals surface area contributed by atoms with Gasteiger partial charge >= 0.3 is 6.18 Å². The molecule has 0 atom stereocenters. The van der Waals surface area contributed by atoms with Crippen LogP contribution in [0, 0.1) is 0 Å². The second-order valence-electron chi connectivity index (χ2n) is 3.91. The average molecular weight is 312 g/mol. The number of rotatable bonds is 5. The monoisotopic (exact) mass is 311 g/mol. The van der Waals surface area contributed by atoms with Gasteiger partial charge in [0.15, 0.2) is 0 Å². The summed E-state index contributed by atoms with van der Waals surface area (Å²) in [6.07, 6.45) is -4.55. The van der Waals surface area contributed by atoms with Crippen molar-refractivity contribution in [3.05, 3.63) is 28.8 Å². The maximum Gasteiger partial charge on any atom is 0.406 e. The van der Waals surface area contributed by atoms with Gasteiger partial charge in [-0.3, -0.25) is 4.79 Å². The molecule has 1 N–H and O–H groups in total. The van der Waals surface area contributed by atoms with Gasteiger partial charge in [0.2, 0.25) is 0 Å². The first-order valence-electron chi connectivity index (χ1n) is 5.59. The molecule has 0 fully saturated rings. The van der Waals surface area contributed by atoms with E-state index in [2.05, 4.69) is 0 Å². The predicted octanol–water partition coefficient (Wildman–Crippen LogP) is 2.35. The zero-order valence-electron chi connectivity index (χ0n) is 10.6. The number of hydrogen-bond acceptors (Lipinski definition) is 3. The summed E-state index contributed by atoms with van der Waals surface area (Å²) in [6, 6.07) is 3.99. The lowest BCUT2D eigenvalue weighted by Crippen LogP contribution is -2.40. The Morgan fingerprint density at radius 2 is 2.10 bits per heavy atom. The number of carbonyl (C=O) groups is 1. The lowest BCUT2D eigenvalue weighted by molar-refractivity contribution is -0.141. The van der Waals surface area contributed by atoms with E-state index in [1.165, 1.54) is 25.3 Å². The molecule has 0 aliphatic heterocycles. The van der Waals surface area contributed by atoms with E-state index in [0.717, 1.165) is 0 Å². The molecule has 0 heterocycles. The van der Waals surface area contributed by atoms with Crippen LogP contribution in [0.25, 0.3) is 0 Å². The molecule has 1 amide bonds. The molecule has 0 aliphatic rings. The smallest absolute Gasteiger partial charge is 0.406 e. The summed E-state index contributed by atoms with van der Waals surface area (Å²) < 4.78 is 42.2. The quantitative estimate of drug-likeness (QED) is 0.908. The van der Waals surface area contributed by atoms with Crippen molar-refractivity contribution in [3.63, 3.8) is 0 Å². The Morgan fingerprint density at radius 1 is 1.45 bits per heavy atom. The summed E-state index contributed by atoms with van der Waals surface area (Å²) in [5.74, 6) is -0.808. The van der Waals surface area contributed by atoms with Gasteiger partial charge in [-0.15, -0.1) is 0 Å². The maximum absolute atomic E-state index is 12.4. The molecule has 1 aromatic carbocycles. The summed E-state index contributed by atoms with van der Waals surface area (Å²) >= 11 is 5.72. The molecule has 1 aromatic rings. The summed E-state index contributed by atoms with van der Waals surface area (Å²) in [4.78, 5) is 12.6. The standard InChI is InChI=1S/C12H13ClF3NO3/c1-20-10-6-8(13)2-3-9(10)11(19)17(4-5-18)7-12(14,15)16/h2-3,6,18H,4-5,7H2,1H3. The molecular formula is C12H13ClF3NO3. The first-order chi connectivity index (χ1) is 9.28. The second kappa shape index (κ2) is 6.81. The van der Waals surface area contributed by atoms with Gasteiger partial charge in [-0.25, -0.2) is 0 Å². The number of amides is 1. The van der Waals surface area contributed by atoms with Crippen LogP contribution in [0.15, 0.2) is 18.2 Å². The van der Waals surface area contributed by atoms with E-state index in [0.29, 0.717) is 9.92 Å². The molecule has 8 heteroatoms. The number of benzene rings is 1. The lowest BCUT2D eigenvalue weighted by atomic mass is 10.1. The Bertz CT molecular complexity index is 480. The highest BCUT2D eigenvalue weighted by molar-refractivity contribution is 6.30. The maximum atomic E-state index is 12.4. The molecule has 0 radical (unpaired) electrons. The lowest BCUT2D eigenvalue weighted by Gasteiger charge is -2.24. The molecule has 1 rings (SSSR count). The average Bonchev–Trinajstić information content (AvgIpc) is 2.35. The third-order valence-corrected chi connectivity index (χ3v) is 2.66. The number of aliphatic hydroxyl groups is 1. The Kier molecular flexibility index (Phi) is 5.64. The van der Waals surface area contributed by atoms with E-state index in [9.17, 15) is 18.0 Å². The van der Waals surface area contributed by atoms with Crippen molar-refractivity contribution in [1.29, 1.82) is 0 Å². The van der Waals surface area contributed by atoms with Crippen molar-refractivity contribution in [1.82, 2.24) is 4.90 Å². The van der Waals surface area contributed by atoms with Crippen molar-refractivity contribution < 1.29 is 27.8 Å². The van der Waals surface area contributed by atoms with Crippen molar-refractivity contribution >= 4 is 17.5 Å². The topological polar surface area (TPSA) is 49.8 Å². The molecular weight excluding hydrogens is 299 g/mol. The van der Waals surface area contributed by atoms with Crippen LogP contribution in [0.5, 0.6) is 5.75 Å². The van der Waals surface area contributed by atoms with Gasteiger partial charge in [0.1, 0.15) is 12.3 Å². The number of aliphatic hydroxyl groups excluding tert-OH is 1. The van der Waals surface area contributed by atoms with E-state index in [1.807, 2.05) is 0 Å². The van der Waals surface area contributed by atoms with Crippen LogP contribution in [0.4, 0.5) is 13.2 Å². The fourth-order valence-electron chi connectivity index (χ4n) is 1.60. The highest BCUT2D eigenvalue weighted by atomic mass is 35.5. The minimum Gasteiger partial charge on any atom is -0.496 e. The van der Waals surface area contributed by atoms with Crippen LogP contribution in [0.3, 0.4) is 0 Å². The number of methoxy groups -OCH3 is 1. The van der Waals surface area contributed by atoms with E-state index in [1.54, 1.807) is 0 Å². The van der Waals surface area contributed by atoms with Gasteiger partial charge in [0.05, 0.1) is 19.3 Å². The zero-order valence-corrected chi connectivity index (χ0v) is 11.3. The van der Waals surface area contributed by atoms with Gasteiger partial charge in [-0.1, -0.05) is 11.6 Å². The van der Waals surface area contributed by atoms with Crippen molar-refractivity contribution in [3.8, 4) is 5.75 Å². The van der Waals surface area contributed by atoms with Crippen LogP contribution in [-0.2, 0) is 0 Å². The summed E-state index contributed by atoms with van der Waals surface area (Å²) in [7, 11) is 1.28. The number of carbonyl (C=O) groups excluding carboxylic acids is 1.